The molecule has 7 atom stereocenters. The first-order valence-electron chi connectivity index (χ1n) is 10.1. The van der Waals surface area contributed by atoms with E-state index in [0.717, 1.165) is 0 Å². The molecule has 0 saturated carbocycles. The second-order valence-electron chi connectivity index (χ2n) is 8.73. The number of Topliss-reactive ketones (excluding diaryl/α,β-unsaturated/α-hetero) is 2. The molecule has 0 spiro atoms. The van der Waals surface area contributed by atoms with Gasteiger partial charge in [0.1, 0.15) is 17.6 Å². The summed E-state index contributed by atoms with van der Waals surface area (Å²) >= 11 is 0. The van der Waals surface area contributed by atoms with Gasteiger partial charge in [0.05, 0.1) is 11.7 Å². The number of carbonyl (C=O) groups excluding carboxylic acids is 3. The normalized spacial score (nSPS) is 42.6. The Labute approximate surface area is 173 Å². The van der Waals surface area contributed by atoms with Crippen LogP contribution >= 0.6 is 0 Å². The minimum Gasteiger partial charge on any atom is -0.458 e. The van der Waals surface area contributed by atoms with Gasteiger partial charge in [-0.2, -0.15) is 0 Å². The summed E-state index contributed by atoms with van der Waals surface area (Å²) in [5.41, 5.74) is -2.42. The molecule has 0 aromatic rings. The van der Waals surface area contributed by atoms with Crippen molar-refractivity contribution in [2.24, 2.45) is 17.8 Å². The van der Waals surface area contributed by atoms with Crippen LogP contribution in [0.1, 0.15) is 61.3 Å². The molecule has 0 aromatic heterocycles. The number of aliphatic hydroxyl groups excluding tert-OH is 1. The van der Waals surface area contributed by atoms with Gasteiger partial charge >= 0.3 is 5.97 Å². The van der Waals surface area contributed by atoms with Crippen molar-refractivity contribution in [2.45, 2.75) is 84.7 Å². The second kappa shape index (κ2) is 9.49. The molecule has 0 amide bonds. The molecule has 0 unspecified atom stereocenters. The van der Waals surface area contributed by atoms with E-state index in [1.165, 1.54) is 34.0 Å². The molecule has 7 nitrogen and oxygen atoms in total. The Morgan fingerprint density at radius 3 is 2.24 bits per heavy atom. The van der Waals surface area contributed by atoms with Crippen molar-refractivity contribution in [3.05, 3.63) is 11.6 Å². The van der Waals surface area contributed by atoms with Gasteiger partial charge in [-0.15, -0.1) is 0 Å². The van der Waals surface area contributed by atoms with Gasteiger partial charge < -0.3 is 19.7 Å². The molecule has 0 bridgehead atoms. The first kappa shape index (κ1) is 25.5. The lowest BCUT2D eigenvalue weighted by Gasteiger charge is -2.38. The third-order valence-corrected chi connectivity index (χ3v) is 6.13. The van der Waals surface area contributed by atoms with Crippen molar-refractivity contribution in [3.63, 3.8) is 0 Å². The van der Waals surface area contributed by atoms with Crippen LogP contribution in [0.5, 0.6) is 0 Å². The fraction of sp³-hybridized carbons (Fsp3) is 0.773. The minimum atomic E-state index is -1.58. The number of rotatable bonds is 2. The fourth-order valence-corrected chi connectivity index (χ4v) is 4.07. The predicted octanol–water partition coefficient (Wildman–Crippen LogP) is 2.22. The topological polar surface area (TPSA) is 110 Å². The van der Waals surface area contributed by atoms with Crippen LogP contribution in [-0.4, -0.2) is 58.3 Å². The summed E-state index contributed by atoms with van der Waals surface area (Å²) in [4.78, 5) is 38.3. The highest BCUT2D eigenvalue weighted by atomic mass is 16.6. The van der Waals surface area contributed by atoms with E-state index in [1.54, 1.807) is 27.7 Å². The van der Waals surface area contributed by atoms with Crippen LogP contribution in [0.15, 0.2) is 11.6 Å². The number of methoxy groups -OCH3 is 1. The molecule has 0 saturated heterocycles. The largest absolute Gasteiger partial charge is 0.458 e. The molecule has 0 aliphatic carbocycles. The third-order valence-electron chi connectivity index (χ3n) is 6.13. The van der Waals surface area contributed by atoms with Gasteiger partial charge in [0.25, 0.3) is 0 Å². The lowest BCUT2D eigenvalue weighted by Crippen LogP contribution is -2.51. The van der Waals surface area contributed by atoms with Crippen LogP contribution in [-0.2, 0) is 23.9 Å². The van der Waals surface area contributed by atoms with E-state index in [2.05, 4.69) is 0 Å². The van der Waals surface area contributed by atoms with Crippen LogP contribution in [0.4, 0.5) is 0 Å². The number of hydrogen-bond donors (Lipinski definition) is 2. The molecule has 1 heterocycles. The van der Waals surface area contributed by atoms with Gasteiger partial charge in [0, 0.05) is 18.9 Å². The Kier molecular flexibility index (Phi) is 8.34. The number of cyclic esters (lactones) is 1. The number of ether oxygens (including phenoxy) is 2. The van der Waals surface area contributed by atoms with Crippen LogP contribution in [0, 0.1) is 17.8 Å². The molecule has 0 aromatic carbocycles. The summed E-state index contributed by atoms with van der Waals surface area (Å²) in [5, 5.41) is 21.7. The SMILES string of the molecule is CC[C@H]1OC(=O)[C@H](C)C(=O)[C@H](C)[C@@H](O)[C@](C)(OC)C[C@@H](C)C(=O)/C(C)=C/[C@]1(C)O. The fourth-order valence-electron chi connectivity index (χ4n) is 4.07. The highest BCUT2D eigenvalue weighted by Gasteiger charge is 2.44. The van der Waals surface area contributed by atoms with E-state index >= 15 is 0 Å². The van der Waals surface area contributed by atoms with Crippen LogP contribution in [0.25, 0.3) is 0 Å². The quantitative estimate of drug-likeness (QED) is 0.528. The molecule has 1 aliphatic heterocycles. The Hall–Kier alpha value is -1.57. The summed E-state index contributed by atoms with van der Waals surface area (Å²) in [6, 6.07) is 0. The highest BCUT2D eigenvalue weighted by molar-refractivity contribution is 6.00. The molecule has 7 heteroatoms. The maximum absolute atomic E-state index is 12.9. The van der Waals surface area contributed by atoms with Gasteiger partial charge in [-0.3, -0.25) is 14.4 Å². The summed E-state index contributed by atoms with van der Waals surface area (Å²) in [7, 11) is 1.41. The summed E-state index contributed by atoms with van der Waals surface area (Å²) in [5.74, 6) is -4.02. The van der Waals surface area contributed by atoms with Crippen molar-refractivity contribution in [3.8, 4) is 0 Å². The standard InChI is InChI=1S/C22H36O7/c1-9-16-21(6,27)10-12(2)17(23)13(3)11-22(7,28-8)19(25)14(4)18(24)15(5)20(26)29-16/h10,13-16,19,25,27H,9,11H2,1-8H3/b12-10+/t13-,14+,15-,16-,19-,21+,22-/m1/s1. The molecule has 2 N–H and O–H groups in total. The Morgan fingerprint density at radius 1 is 1.21 bits per heavy atom. The lowest BCUT2D eigenvalue weighted by atomic mass is 9.77. The van der Waals surface area contributed by atoms with E-state index in [-0.39, 0.29) is 12.2 Å². The van der Waals surface area contributed by atoms with Gasteiger partial charge in [0.15, 0.2) is 11.6 Å². The number of allylic oxidation sites excluding steroid dienone is 1. The molecular formula is C22H36O7. The molecule has 29 heavy (non-hydrogen) atoms. The van der Waals surface area contributed by atoms with Gasteiger partial charge in [-0.05, 0) is 52.2 Å². The molecule has 166 valence electrons. The first-order valence-corrected chi connectivity index (χ1v) is 10.1. The molecule has 1 rings (SSSR count). The number of aliphatic hydroxyl groups is 2. The zero-order valence-corrected chi connectivity index (χ0v) is 18.8. The van der Waals surface area contributed by atoms with Crippen molar-refractivity contribution in [1.29, 1.82) is 0 Å². The monoisotopic (exact) mass is 412 g/mol. The first-order chi connectivity index (χ1) is 13.2. The predicted molar refractivity (Wildman–Crippen MR) is 108 cm³/mol. The van der Waals surface area contributed by atoms with Crippen molar-refractivity contribution >= 4 is 17.5 Å². The minimum absolute atomic E-state index is 0.171. The smallest absolute Gasteiger partial charge is 0.316 e. The third kappa shape index (κ3) is 5.53. The maximum Gasteiger partial charge on any atom is 0.316 e. The average molecular weight is 413 g/mol. The van der Waals surface area contributed by atoms with Crippen LogP contribution in [0.2, 0.25) is 0 Å². The van der Waals surface area contributed by atoms with Crippen molar-refractivity contribution in [1.82, 2.24) is 0 Å². The Morgan fingerprint density at radius 2 is 1.76 bits per heavy atom. The summed E-state index contributed by atoms with van der Waals surface area (Å²) in [6.07, 6.45) is -0.273. The number of hydrogen-bond acceptors (Lipinski definition) is 7. The zero-order valence-electron chi connectivity index (χ0n) is 18.8. The highest BCUT2D eigenvalue weighted by Crippen LogP contribution is 2.32. The average Bonchev–Trinajstić information content (AvgIpc) is 2.67. The van der Waals surface area contributed by atoms with E-state index < -0.39 is 52.9 Å². The van der Waals surface area contributed by atoms with Crippen molar-refractivity contribution < 1.29 is 34.1 Å². The second-order valence-corrected chi connectivity index (χ2v) is 8.73. The van der Waals surface area contributed by atoms with Crippen LogP contribution in [0.3, 0.4) is 0 Å². The van der Waals surface area contributed by atoms with E-state index in [4.69, 9.17) is 9.47 Å². The lowest BCUT2D eigenvalue weighted by molar-refractivity contribution is -0.169. The Balaban J connectivity index is 3.51. The summed E-state index contributed by atoms with van der Waals surface area (Å²) < 4.78 is 11.0. The number of carbonyl (C=O) groups is 3. The Bertz CT molecular complexity index is 666. The van der Waals surface area contributed by atoms with Gasteiger partial charge in [0.2, 0.25) is 0 Å². The molecular weight excluding hydrogens is 376 g/mol. The van der Waals surface area contributed by atoms with Gasteiger partial charge in [-0.1, -0.05) is 20.8 Å². The number of ketones is 2. The molecule has 0 fully saturated rings. The maximum atomic E-state index is 12.9. The van der Waals surface area contributed by atoms with E-state index in [0.29, 0.717) is 12.0 Å². The van der Waals surface area contributed by atoms with E-state index in [1.807, 2.05) is 0 Å². The molecule has 0 radical (unpaired) electrons. The van der Waals surface area contributed by atoms with Crippen LogP contribution < -0.4 is 0 Å². The van der Waals surface area contributed by atoms with Gasteiger partial charge in [-0.25, -0.2) is 0 Å². The summed E-state index contributed by atoms with van der Waals surface area (Å²) in [6.45, 7) is 11.1. The number of esters is 1. The van der Waals surface area contributed by atoms with Crippen molar-refractivity contribution in [2.75, 3.05) is 7.11 Å². The molecule has 1 aliphatic rings. The zero-order chi connectivity index (χ0) is 22.7. The van der Waals surface area contributed by atoms with E-state index in [9.17, 15) is 24.6 Å².